The Bertz CT molecular complexity index is 658. The van der Waals surface area contributed by atoms with Gasteiger partial charge >= 0.3 is 0 Å². The molecule has 0 saturated carbocycles. The van der Waals surface area contributed by atoms with E-state index in [2.05, 4.69) is 52.5 Å². The molecule has 0 radical (unpaired) electrons. The van der Waals surface area contributed by atoms with E-state index >= 15 is 0 Å². The molecular formula is C17H19N3S. The maximum atomic E-state index is 4.44. The van der Waals surface area contributed by atoms with Gasteiger partial charge in [0.05, 0.1) is 11.9 Å². The minimum atomic E-state index is 0.307. The normalized spacial score (nSPS) is 12.4. The van der Waals surface area contributed by atoms with Crippen LogP contribution in [0.15, 0.2) is 59.6 Å². The summed E-state index contributed by atoms with van der Waals surface area (Å²) in [6.07, 6.45) is 5.10. The number of hydrogen-bond acceptors (Lipinski definition) is 3. The molecule has 0 aliphatic rings. The fourth-order valence-electron chi connectivity index (χ4n) is 2.27. The van der Waals surface area contributed by atoms with Crippen LogP contribution in [0, 0.1) is 0 Å². The van der Waals surface area contributed by atoms with Gasteiger partial charge in [0.1, 0.15) is 0 Å². The van der Waals surface area contributed by atoms with Gasteiger partial charge in [0.25, 0.3) is 0 Å². The third kappa shape index (κ3) is 3.60. The monoisotopic (exact) mass is 297 g/mol. The van der Waals surface area contributed by atoms with E-state index in [0.717, 1.165) is 18.7 Å². The number of hydrogen-bond donors (Lipinski definition) is 1. The summed E-state index contributed by atoms with van der Waals surface area (Å²) in [6, 6.07) is 12.7. The lowest BCUT2D eigenvalue weighted by atomic mass is 10.2. The topological polar surface area (TPSA) is 29.9 Å². The van der Waals surface area contributed by atoms with E-state index in [1.807, 2.05) is 29.1 Å². The molecule has 21 heavy (non-hydrogen) atoms. The zero-order chi connectivity index (χ0) is 14.5. The van der Waals surface area contributed by atoms with Crippen molar-refractivity contribution in [2.75, 3.05) is 6.54 Å². The van der Waals surface area contributed by atoms with Gasteiger partial charge in [-0.3, -0.25) is 0 Å². The van der Waals surface area contributed by atoms with Crippen LogP contribution in [0.4, 0.5) is 0 Å². The number of nitrogens with zero attached hydrogens (tertiary/aromatic N) is 2. The van der Waals surface area contributed by atoms with Crippen molar-refractivity contribution in [2.45, 2.75) is 19.4 Å². The quantitative estimate of drug-likeness (QED) is 0.749. The summed E-state index contributed by atoms with van der Waals surface area (Å²) >= 11 is 1.75. The molecule has 1 unspecified atom stereocenters. The molecule has 2 aromatic heterocycles. The predicted octanol–water partition coefficient (Wildman–Crippen LogP) is 3.83. The van der Waals surface area contributed by atoms with Crippen molar-refractivity contribution in [1.29, 1.82) is 0 Å². The summed E-state index contributed by atoms with van der Waals surface area (Å²) in [6.45, 7) is 3.16. The Morgan fingerprint density at radius 2 is 2.10 bits per heavy atom. The Balaban J connectivity index is 1.58. The lowest BCUT2D eigenvalue weighted by Crippen LogP contribution is -2.20. The van der Waals surface area contributed by atoms with Gasteiger partial charge < -0.3 is 5.32 Å². The Kier molecular flexibility index (Phi) is 4.48. The van der Waals surface area contributed by atoms with Gasteiger partial charge in [-0.1, -0.05) is 18.2 Å². The van der Waals surface area contributed by atoms with E-state index in [-0.39, 0.29) is 0 Å². The third-order valence-electron chi connectivity index (χ3n) is 3.57. The van der Waals surface area contributed by atoms with Crippen LogP contribution in [0.2, 0.25) is 0 Å². The molecule has 108 valence electrons. The molecule has 4 heteroatoms. The summed E-state index contributed by atoms with van der Waals surface area (Å²) in [4.78, 5) is 0. The molecule has 0 fully saturated rings. The first kappa shape index (κ1) is 14.0. The zero-order valence-corrected chi connectivity index (χ0v) is 12.9. The number of benzene rings is 1. The van der Waals surface area contributed by atoms with Gasteiger partial charge in [-0.05, 0) is 54.4 Å². The van der Waals surface area contributed by atoms with Crippen LogP contribution < -0.4 is 5.32 Å². The van der Waals surface area contributed by atoms with Crippen LogP contribution in [0.25, 0.3) is 5.69 Å². The van der Waals surface area contributed by atoms with Gasteiger partial charge in [-0.15, -0.1) is 0 Å². The van der Waals surface area contributed by atoms with E-state index in [1.165, 1.54) is 11.1 Å². The van der Waals surface area contributed by atoms with Crippen LogP contribution in [0.5, 0.6) is 0 Å². The second-order valence-electron chi connectivity index (χ2n) is 5.11. The second-order valence-corrected chi connectivity index (χ2v) is 5.89. The lowest BCUT2D eigenvalue weighted by molar-refractivity contribution is 0.577. The second kappa shape index (κ2) is 6.70. The molecule has 2 heterocycles. The molecular weight excluding hydrogens is 278 g/mol. The largest absolute Gasteiger partial charge is 0.310 e. The van der Waals surface area contributed by atoms with E-state index in [4.69, 9.17) is 0 Å². The Morgan fingerprint density at radius 3 is 2.86 bits per heavy atom. The molecule has 1 aromatic carbocycles. The Labute approximate surface area is 129 Å². The fourth-order valence-corrected chi connectivity index (χ4v) is 2.97. The van der Waals surface area contributed by atoms with Crippen molar-refractivity contribution in [3.05, 3.63) is 70.7 Å². The summed E-state index contributed by atoms with van der Waals surface area (Å²) in [5, 5.41) is 12.3. The molecule has 0 bridgehead atoms. The summed E-state index contributed by atoms with van der Waals surface area (Å²) in [5.41, 5.74) is 3.71. The first-order valence-electron chi connectivity index (χ1n) is 7.17. The third-order valence-corrected chi connectivity index (χ3v) is 4.30. The van der Waals surface area contributed by atoms with Crippen LogP contribution in [-0.4, -0.2) is 16.3 Å². The fraction of sp³-hybridized carbons (Fsp3) is 0.235. The van der Waals surface area contributed by atoms with Crippen LogP contribution >= 0.6 is 11.3 Å². The number of para-hydroxylation sites is 1. The van der Waals surface area contributed by atoms with Crippen molar-refractivity contribution in [3.63, 3.8) is 0 Å². The van der Waals surface area contributed by atoms with Gasteiger partial charge in [0.2, 0.25) is 0 Å². The van der Waals surface area contributed by atoms with Crippen LogP contribution in [0.3, 0.4) is 0 Å². The highest BCUT2D eigenvalue weighted by Crippen LogP contribution is 2.14. The van der Waals surface area contributed by atoms with Gasteiger partial charge in [-0.2, -0.15) is 16.4 Å². The number of aromatic nitrogens is 2. The first-order valence-corrected chi connectivity index (χ1v) is 8.11. The highest BCUT2D eigenvalue weighted by atomic mass is 32.1. The minimum absolute atomic E-state index is 0.307. The molecule has 0 spiro atoms. The van der Waals surface area contributed by atoms with Gasteiger partial charge in [-0.25, -0.2) is 4.68 Å². The van der Waals surface area contributed by atoms with Crippen molar-refractivity contribution < 1.29 is 0 Å². The van der Waals surface area contributed by atoms with E-state index in [1.54, 1.807) is 11.3 Å². The molecule has 0 aliphatic heterocycles. The van der Waals surface area contributed by atoms with Gasteiger partial charge in [0.15, 0.2) is 0 Å². The van der Waals surface area contributed by atoms with Crippen LogP contribution in [-0.2, 0) is 6.42 Å². The molecule has 3 nitrogen and oxygen atoms in total. The lowest BCUT2D eigenvalue weighted by Gasteiger charge is -2.11. The predicted molar refractivity (Wildman–Crippen MR) is 88.0 cm³/mol. The number of rotatable bonds is 6. The SMILES string of the molecule is CC(NCCc1ccsc1)c1cnn(-c2ccccc2)c1. The standard InChI is InChI=1S/C17H19N3S/c1-14(18-9-7-15-8-10-21-13-15)16-11-19-20(12-16)17-5-3-2-4-6-17/h2-6,8,10-14,18H,7,9H2,1H3. The zero-order valence-electron chi connectivity index (χ0n) is 12.1. The average Bonchev–Trinajstić information content (AvgIpc) is 3.20. The van der Waals surface area contributed by atoms with Crippen molar-refractivity contribution in [2.24, 2.45) is 0 Å². The van der Waals surface area contributed by atoms with E-state index < -0.39 is 0 Å². The molecule has 0 amide bonds. The minimum Gasteiger partial charge on any atom is -0.310 e. The molecule has 0 saturated heterocycles. The molecule has 1 N–H and O–H groups in total. The summed E-state index contributed by atoms with van der Waals surface area (Å²) in [5.74, 6) is 0. The van der Waals surface area contributed by atoms with Crippen LogP contribution in [0.1, 0.15) is 24.1 Å². The molecule has 3 rings (SSSR count). The summed E-state index contributed by atoms with van der Waals surface area (Å²) in [7, 11) is 0. The first-order chi connectivity index (χ1) is 10.3. The highest BCUT2D eigenvalue weighted by Gasteiger charge is 2.08. The number of nitrogens with one attached hydrogen (secondary N) is 1. The Hall–Kier alpha value is -1.91. The van der Waals surface area contributed by atoms with E-state index in [9.17, 15) is 0 Å². The number of thiophene rings is 1. The van der Waals surface area contributed by atoms with Crippen molar-refractivity contribution in [3.8, 4) is 5.69 Å². The average molecular weight is 297 g/mol. The highest BCUT2D eigenvalue weighted by molar-refractivity contribution is 7.07. The maximum absolute atomic E-state index is 4.44. The van der Waals surface area contributed by atoms with E-state index in [0.29, 0.717) is 6.04 Å². The van der Waals surface area contributed by atoms with Gasteiger partial charge in [0, 0.05) is 17.8 Å². The Morgan fingerprint density at radius 1 is 1.24 bits per heavy atom. The van der Waals surface area contributed by atoms with Crippen molar-refractivity contribution >= 4 is 11.3 Å². The summed E-state index contributed by atoms with van der Waals surface area (Å²) < 4.78 is 1.92. The smallest absolute Gasteiger partial charge is 0.0645 e. The maximum Gasteiger partial charge on any atom is 0.0645 e. The molecule has 3 aromatic rings. The van der Waals surface area contributed by atoms with Crippen molar-refractivity contribution in [1.82, 2.24) is 15.1 Å². The molecule has 1 atom stereocenters. The molecule has 0 aliphatic carbocycles.